The molecule has 1 aromatic rings. The topological polar surface area (TPSA) is 55.7 Å². The number of para-hydroxylation sites is 1. The summed E-state index contributed by atoms with van der Waals surface area (Å²) in [5.74, 6) is 0. The maximum absolute atomic E-state index is 9.60. The van der Waals surface area contributed by atoms with Gasteiger partial charge in [0.05, 0.1) is 12.7 Å². The second-order valence-electron chi connectivity index (χ2n) is 4.74. The minimum atomic E-state index is -0.672. The van der Waals surface area contributed by atoms with Crippen molar-refractivity contribution >= 4 is 5.69 Å². The van der Waals surface area contributed by atoms with Gasteiger partial charge in [-0.05, 0) is 24.6 Å². The van der Waals surface area contributed by atoms with E-state index in [9.17, 15) is 5.11 Å². The van der Waals surface area contributed by atoms with Crippen molar-refractivity contribution in [3.63, 3.8) is 0 Å². The molecule has 100 valence electrons. The fraction of sp³-hybridized carbons (Fsp3) is 0.571. The molecule has 1 aromatic carbocycles. The van der Waals surface area contributed by atoms with Crippen LogP contribution in [0.5, 0.6) is 0 Å². The molecule has 18 heavy (non-hydrogen) atoms. The van der Waals surface area contributed by atoms with Crippen molar-refractivity contribution in [1.82, 2.24) is 5.32 Å². The van der Waals surface area contributed by atoms with Crippen LogP contribution in [0.4, 0.5) is 5.69 Å². The van der Waals surface area contributed by atoms with Crippen LogP contribution in [-0.2, 0) is 0 Å². The Balaban J connectivity index is 2.19. The summed E-state index contributed by atoms with van der Waals surface area (Å²) >= 11 is 0. The standard InChI is InChI=1S/C14H22N2O2/c1-2-15-13-7-8-16(9-11(18)10-17)14-6-4-3-5-12(13)14/h3-6,11,13,15,17-18H,2,7-10H2,1H3. The predicted molar refractivity (Wildman–Crippen MR) is 72.8 cm³/mol. The summed E-state index contributed by atoms with van der Waals surface area (Å²) in [6.45, 7) is 4.29. The number of β-amino-alcohol motifs (C(OH)–C–C–N with tert-alkyl or cyclic N) is 1. The summed E-state index contributed by atoms with van der Waals surface area (Å²) in [4.78, 5) is 2.16. The first-order chi connectivity index (χ1) is 8.76. The van der Waals surface area contributed by atoms with Crippen molar-refractivity contribution in [3.8, 4) is 0 Å². The van der Waals surface area contributed by atoms with Crippen LogP contribution >= 0.6 is 0 Å². The average molecular weight is 250 g/mol. The van der Waals surface area contributed by atoms with Gasteiger partial charge in [-0.15, -0.1) is 0 Å². The third-order valence-electron chi connectivity index (χ3n) is 3.43. The van der Waals surface area contributed by atoms with Crippen LogP contribution in [0.25, 0.3) is 0 Å². The Labute approximate surface area is 108 Å². The quantitative estimate of drug-likeness (QED) is 0.727. The number of nitrogens with one attached hydrogen (secondary N) is 1. The van der Waals surface area contributed by atoms with Crippen LogP contribution in [0, 0.1) is 0 Å². The predicted octanol–water partition coefficient (Wildman–Crippen LogP) is 0.900. The van der Waals surface area contributed by atoms with Gasteiger partial charge in [-0.2, -0.15) is 0 Å². The first kappa shape index (κ1) is 13.3. The minimum Gasteiger partial charge on any atom is -0.394 e. The Morgan fingerprint density at radius 2 is 2.22 bits per heavy atom. The zero-order chi connectivity index (χ0) is 13.0. The molecular weight excluding hydrogens is 228 g/mol. The summed E-state index contributed by atoms with van der Waals surface area (Å²) < 4.78 is 0. The molecule has 0 saturated carbocycles. The van der Waals surface area contributed by atoms with Crippen molar-refractivity contribution in [2.75, 3.05) is 31.1 Å². The van der Waals surface area contributed by atoms with Gasteiger partial charge >= 0.3 is 0 Å². The van der Waals surface area contributed by atoms with Gasteiger partial charge in [0.1, 0.15) is 0 Å². The molecule has 1 aliphatic rings. The monoisotopic (exact) mass is 250 g/mol. The van der Waals surface area contributed by atoms with Crippen molar-refractivity contribution in [2.45, 2.75) is 25.5 Å². The van der Waals surface area contributed by atoms with Crippen molar-refractivity contribution in [1.29, 1.82) is 0 Å². The Hall–Kier alpha value is -1.10. The number of rotatable bonds is 5. The van der Waals surface area contributed by atoms with E-state index in [2.05, 4.69) is 35.3 Å². The highest BCUT2D eigenvalue weighted by Crippen LogP contribution is 2.33. The third-order valence-corrected chi connectivity index (χ3v) is 3.43. The lowest BCUT2D eigenvalue weighted by Crippen LogP contribution is -2.40. The Bertz CT molecular complexity index is 384. The summed E-state index contributed by atoms with van der Waals surface area (Å²) in [6, 6.07) is 8.69. The van der Waals surface area contributed by atoms with E-state index in [1.54, 1.807) is 0 Å². The summed E-state index contributed by atoms with van der Waals surface area (Å²) in [7, 11) is 0. The number of nitrogens with zero attached hydrogens (tertiary/aromatic N) is 1. The molecule has 2 atom stereocenters. The molecule has 0 aliphatic carbocycles. The van der Waals surface area contributed by atoms with Gasteiger partial charge < -0.3 is 20.4 Å². The number of hydrogen-bond donors (Lipinski definition) is 3. The van der Waals surface area contributed by atoms with Gasteiger partial charge in [-0.1, -0.05) is 25.1 Å². The molecule has 4 heteroatoms. The minimum absolute atomic E-state index is 0.185. The summed E-state index contributed by atoms with van der Waals surface area (Å²) in [5.41, 5.74) is 2.46. The van der Waals surface area contributed by atoms with E-state index >= 15 is 0 Å². The first-order valence-corrected chi connectivity index (χ1v) is 6.62. The van der Waals surface area contributed by atoms with Gasteiger partial charge in [-0.3, -0.25) is 0 Å². The maximum atomic E-state index is 9.60. The van der Waals surface area contributed by atoms with Gasteiger partial charge in [-0.25, -0.2) is 0 Å². The molecule has 0 bridgehead atoms. The van der Waals surface area contributed by atoms with Crippen LogP contribution in [0.15, 0.2) is 24.3 Å². The number of fused-ring (bicyclic) bond motifs is 1. The van der Waals surface area contributed by atoms with E-state index in [0.29, 0.717) is 12.6 Å². The normalized spacial score (nSPS) is 20.6. The zero-order valence-corrected chi connectivity index (χ0v) is 10.8. The van der Waals surface area contributed by atoms with Gasteiger partial charge in [0.15, 0.2) is 0 Å². The van der Waals surface area contributed by atoms with Gasteiger partial charge in [0, 0.05) is 24.8 Å². The molecule has 0 amide bonds. The molecular formula is C14H22N2O2. The van der Waals surface area contributed by atoms with E-state index in [1.165, 1.54) is 11.3 Å². The molecule has 1 aliphatic heterocycles. The summed E-state index contributed by atoms with van der Waals surface area (Å²) in [6.07, 6.45) is 0.358. The zero-order valence-electron chi connectivity index (χ0n) is 10.8. The molecule has 0 saturated heterocycles. The first-order valence-electron chi connectivity index (χ1n) is 6.62. The van der Waals surface area contributed by atoms with Crippen LogP contribution < -0.4 is 10.2 Å². The van der Waals surface area contributed by atoms with Crippen molar-refractivity contribution in [2.24, 2.45) is 0 Å². The number of aliphatic hydroxyl groups excluding tert-OH is 2. The molecule has 4 nitrogen and oxygen atoms in total. The molecule has 0 radical (unpaired) electrons. The highest BCUT2D eigenvalue weighted by atomic mass is 16.3. The van der Waals surface area contributed by atoms with E-state index < -0.39 is 6.10 Å². The highest BCUT2D eigenvalue weighted by Gasteiger charge is 2.24. The van der Waals surface area contributed by atoms with Gasteiger partial charge in [0.2, 0.25) is 0 Å². The smallest absolute Gasteiger partial charge is 0.0945 e. The lowest BCUT2D eigenvalue weighted by Gasteiger charge is -2.36. The molecule has 0 fully saturated rings. The number of benzene rings is 1. The van der Waals surface area contributed by atoms with Crippen LogP contribution in [0.2, 0.25) is 0 Å². The third kappa shape index (κ3) is 2.83. The number of aliphatic hydroxyl groups is 2. The Kier molecular flexibility index (Phi) is 4.58. The number of anilines is 1. The fourth-order valence-corrected chi connectivity index (χ4v) is 2.59. The van der Waals surface area contributed by atoms with Crippen LogP contribution in [0.3, 0.4) is 0 Å². The van der Waals surface area contributed by atoms with Gasteiger partial charge in [0.25, 0.3) is 0 Å². The van der Waals surface area contributed by atoms with E-state index in [0.717, 1.165) is 19.5 Å². The molecule has 2 rings (SSSR count). The van der Waals surface area contributed by atoms with Crippen molar-refractivity contribution in [3.05, 3.63) is 29.8 Å². The highest BCUT2D eigenvalue weighted by molar-refractivity contribution is 5.57. The van der Waals surface area contributed by atoms with E-state index in [4.69, 9.17) is 5.11 Å². The Morgan fingerprint density at radius 3 is 2.94 bits per heavy atom. The maximum Gasteiger partial charge on any atom is 0.0945 e. The largest absolute Gasteiger partial charge is 0.394 e. The lowest BCUT2D eigenvalue weighted by atomic mass is 9.96. The van der Waals surface area contributed by atoms with Crippen molar-refractivity contribution < 1.29 is 10.2 Å². The van der Waals surface area contributed by atoms with Crippen LogP contribution in [0.1, 0.15) is 24.9 Å². The lowest BCUT2D eigenvalue weighted by molar-refractivity contribution is 0.0993. The molecule has 2 unspecified atom stereocenters. The Morgan fingerprint density at radius 1 is 1.44 bits per heavy atom. The summed E-state index contributed by atoms with van der Waals surface area (Å²) in [5, 5.41) is 22.0. The van der Waals surface area contributed by atoms with E-state index in [1.807, 2.05) is 6.07 Å². The van der Waals surface area contributed by atoms with Crippen LogP contribution in [-0.4, -0.2) is 42.6 Å². The SMILES string of the molecule is CCNC1CCN(CC(O)CO)c2ccccc21. The molecule has 1 heterocycles. The van der Waals surface area contributed by atoms with E-state index in [-0.39, 0.29) is 6.61 Å². The molecule has 3 N–H and O–H groups in total. The molecule has 0 aromatic heterocycles. The molecule has 0 spiro atoms. The number of hydrogen-bond acceptors (Lipinski definition) is 4. The fourth-order valence-electron chi connectivity index (χ4n) is 2.59. The second kappa shape index (κ2) is 6.18. The average Bonchev–Trinajstić information content (AvgIpc) is 2.41. The second-order valence-corrected chi connectivity index (χ2v) is 4.74.